The van der Waals surface area contributed by atoms with Crippen molar-refractivity contribution in [2.24, 2.45) is 5.92 Å². The molecule has 0 saturated carbocycles. The second-order valence-corrected chi connectivity index (χ2v) is 5.88. The average molecular weight is 267 g/mol. The van der Waals surface area contributed by atoms with Crippen LogP contribution in [0.2, 0.25) is 5.02 Å². The Morgan fingerprint density at radius 2 is 2.11 bits per heavy atom. The molecular weight excluding hydrogens is 244 g/mol. The van der Waals surface area contributed by atoms with Gasteiger partial charge in [-0.25, -0.2) is 0 Å². The number of nitrogens with one attached hydrogen (secondary N) is 1. The third-order valence-electron chi connectivity index (χ3n) is 3.87. The highest BCUT2D eigenvalue weighted by Gasteiger charge is 2.23. The molecule has 0 spiro atoms. The number of nitrogens with zero attached hydrogens (tertiary/aromatic N) is 1. The number of halogens is 1. The maximum atomic E-state index is 5.90. The van der Waals surface area contributed by atoms with E-state index >= 15 is 0 Å². The molecule has 1 aromatic carbocycles. The first-order chi connectivity index (χ1) is 8.67. The minimum Gasteiger partial charge on any atom is -0.317 e. The third kappa shape index (κ3) is 3.98. The Kier molecular flexibility index (Phi) is 5.04. The van der Waals surface area contributed by atoms with Crippen LogP contribution < -0.4 is 5.32 Å². The molecule has 1 aliphatic rings. The summed E-state index contributed by atoms with van der Waals surface area (Å²) in [6.07, 6.45) is 2.62. The topological polar surface area (TPSA) is 15.3 Å². The number of hydrogen-bond donors (Lipinski definition) is 1. The Balaban J connectivity index is 1.80. The van der Waals surface area contributed by atoms with Crippen LogP contribution >= 0.6 is 11.6 Å². The molecule has 18 heavy (non-hydrogen) atoms. The molecule has 100 valence electrons. The molecule has 0 amide bonds. The number of likely N-dealkylation sites (tertiary alicyclic amines) is 1. The zero-order valence-electron chi connectivity index (χ0n) is 11.3. The van der Waals surface area contributed by atoms with E-state index in [9.17, 15) is 0 Å². The number of rotatable bonds is 5. The normalized spacial score (nSPS) is 22.3. The van der Waals surface area contributed by atoms with Crippen LogP contribution in [0.15, 0.2) is 24.3 Å². The molecule has 2 atom stereocenters. The van der Waals surface area contributed by atoms with Crippen LogP contribution in [0.3, 0.4) is 0 Å². The standard InChI is InChI=1S/C15H23ClN2/c1-12(17-2)9-14-7-8-18(11-14)10-13-3-5-15(16)6-4-13/h3-6,12,14,17H,7-11H2,1-2H3. The van der Waals surface area contributed by atoms with Gasteiger partial charge < -0.3 is 5.32 Å². The molecule has 0 bridgehead atoms. The summed E-state index contributed by atoms with van der Waals surface area (Å²) in [6, 6.07) is 8.85. The summed E-state index contributed by atoms with van der Waals surface area (Å²) < 4.78 is 0. The lowest BCUT2D eigenvalue weighted by Crippen LogP contribution is -2.26. The van der Waals surface area contributed by atoms with Crippen molar-refractivity contribution in [2.75, 3.05) is 20.1 Å². The van der Waals surface area contributed by atoms with Crippen LogP contribution in [0, 0.1) is 5.92 Å². The van der Waals surface area contributed by atoms with E-state index in [1.54, 1.807) is 0 Å². The second kappa shape index (κ2) is 6.55. The minimum absolute atomic E-state index is 0.630. The van der Waals surface area contributed by atoms with Gasteiger partial charge in [-0.15, -0.1) is 0 Å². The summed E-state index contributed by atoms with van der Waals surface area (Å²) in [4.78, 5) is 2.55. The van der Waals surface area contributed by atoms with Crippen LogP contribution in [0.1, 0.15) is 25.3 Å². The summed E-state index contributed by atoms with van der Waals surface area (Å²) in [5, 5.41) is 4.15. The SMILES string of the molecule is CNC(C)CC1CCN(Cc2ccc(Cl)cc2)C1. The lowest BCUT2D eigenvalue weighted by molar-refractivity contribution is 0.307. The van der Waals surface area contributed by atoms with Crippen molar-refractivity contribution in [3.63, 3.8) is 0 Å². The van der Waals surface area contributed by atoms with Gasteiger partial charge >= 0.3 is 0 Å². The maximum Gasteiger partial charge on any atom is 0.0406 e. The van der Waals surface area contributed by atoms with E-state index < -0.39 is 0 Å². The molecule has 1 N–H and O–H groups in total. The monoisotopic (exact) mass is 266 g/mol. The van der Waals surface area contributed by atoms with Crippen molar-refractivity contribution >= 4 is 11.6 Å². The van der Waals surface area contributed by atoms with Crippen LogP contribution in [-0.2, 0) is 6.54 Å². The molecule has 1 heterocycles. The third-order valence-corrected chi connectivity index (χ3v) is 4.12. The Bertz CT molecular complexity index is 363. The summed E-state index contributed by atoms with van der Waals surface area (Å²) in [5.74, 6) is 0.847. The molecule has 2 rings (SSSR count). The molecule has 1 fully saturated rings. The molecular formula is C15H23ClN2. The fourth-order valence-corrected chi connectivity index (χ4v) is 2.84. The first-order valence-corrected chi connectivity index (χ1v) is 7.19. The van der Waals surface area contributed by atoms with Gasteiger partial charge in [-0.2, -0.15) is 0 Å². The molecule has 1 aromatic rings. The number of benzene rings is 1. The van der Waals surface area contributed by atoms with Crippen LogP contribution in [-0.4, -0.2) is 31.1 Å². The average Bonchev–Trinajstić information content (AvgIpc) is 2.79. The Morgan fingerprint density at radius 3 is 2.78 bits per heavy atom. The van der Waals surface area contributed by atoms with E-state index in [1.165, 1.54) is 31.5 Å². The van der Waals surface area contributed by atoms with Crippen molar-refractivity contribution in [2.45, 2.75) is 32.4 Å². The zero-order chi connectivity index (χ0) is 13.0. The van der Waals surface area contributed by atoms with E-state index in [0.29, 0.717) is 6.04 Å². The molecule has 0 aromatic heterocycles. The smallest absolute Gasteiger partial charge is 0.0406 e. The van der Waals surface area contributed by atoms with E-state index in [-0.39, 0.29) is 0 Å². The highest BCUT2D eigenvalue weighted by molar-refractivity contribution is 6.30. The largest absolute Gasteiger partial charge is 0.317 e. The molecule has 0 aliphatic carbocycles. The second-order valence-electron chi connectivity index (χ2n) is 5.44. The van der Waals surface area contributed by atoms with Gasteiger partial charge in [-0.3, -0.25) is 4.90 Å². The van der Waals surface area contributed by atoms with Crippen molar-refractivity contribution in [3.05, 3.63) is 34.9 Å². The van der Waals surface area contributed by atoms with E-state index in [0.717, 1.165) is 17.5 Å². The molecule has 1 saturated heterocycles. The Hall–Kier alpha value is -0.570. The van der Waals surface area contributed by atoms with Crippen molar-refractivity contribution in [1.29, 1.82) is 0 Å². The minimum atomic E-state index is 0.630. The summed E-state index contributed by atoms with van der Waals surface area (Å²) in [6.45, 7) is 5.78. The van der Waals surface area contributed by atoms with Crippen molar-refractivity contribution in [3.8, 4) is 0 Å². The van der Waals surface area contributed by atoms with Gasteiger partial charge in [-0.1, -0.05) is 23.7 Å². The maximum absolute atomic E-state index is 5.90. The lowest BCUT2D eigenvalue weighted by Gasteiger charge is -2.18. The van der Waals surface area contributed by atoms with Gasteiger partial charge in [0.15, 0.2) is 0 Å². The number of hydrogen-bond acceptors (Lipinski definition) is 2. The van der Waals surface area contributed by atoms with Crippen LogP contribution in [0.4, 0.5) is 0 Å². The predicted octanol–water partition coefficient (Wildman–Crippen LogP) is 3.16. The first-order valence-electron chi connectivity index (χ1n) is 6.81. The molecule has 1 aliphatic heterocycles. The van der Waals surface area contributed by atoms with Crippen molar-refractivity contribution < 1.29 is 0 Å². The van der Waals surface area contributed by atoms with Gasteiger partial charge in [0, 0.05) is 24.2 Å². The van der Waals surface area contributed by atoms with Gasteiger partial charge in [-0.05, 0) is 57.0 Å². The summed E-state index contributed by atoms with van der Waals surface area (Å²) in [7, 11) is 2.05. The fourth-order valence-electron chi connectivity index (χ4n) is 2.71. The fraction of sp³-hybridized carbons (Fsp3) is 0.600. The van der Waals surface area contributed by atoms with Gasteiger partial charge in [0.2, 0.25) is 0 Å². The summed E-state index contributed by atoms with van der Waals surface area (Å²) >= 11 is 5.90. The van der Waals surface area contributed by atoms with E-state index in [4.69, 9.17) is 11.6 Å². The molecule has 2 unspecified atom stereocenters. The molecule has 0 radical (unpaired) electrons. The quantitative estimate of drug-likeness (QED) is 0.881. The van der Waals surface area contributed by atoms with Crippen LogP contribution in [0.25, 0.3) is 0 Å². The van der Waals surface area contributed by atoms with Gasteiger partial charge in [0.1, 0.15) is 0 Å². The van der Waals surface area contributed by atoms with E-state index in [1.807, 2.05) is 19.2 Å². The molecule has 2 nitrogen and oxygen atoms in total. The van der Waals surface area contributed by atoms with Crippen LogP contribution in [0.5, 0.6) is 0 Å². The highest BCUT2D eigenvalue weighted by Crippen LogP contribution is 2.23. The van der Waals surface area contributed by atoms with Gasteiger partial charge in [0.05, 0.1) is 0 Å². The van der Waals surface area contributed by atoms with Crippen molar-refractivity contribution in [1.82, 2.24) is 10.2 Å². The van der Waals surface area contributed by atoms with Gasteiger partial charge in [0.25, 0.3) is 0 Å². The Labute approximate surface area is 115 Å². The molecule has 3 heteroatoms. The predicted molar refractivity (Wildman–Crippen MR) is 78.0 cm³/mol. The highest BCUT2D eigenvalue weighted by atomic mass is 35.5. The van der Waals surface area contributed by atoms with E-state index in [2.05, 4.69) is 29.3 Å². The zero-order valence-corrected chi connectivity index (χ0v) is 12.1. The Morgan fingerprint density at radius 1 is 1.39 bits per heavy atom. The summed E-state index contributed by atoms with van der Waals surface area (Å²) in [5.41, 5.74) is 1.36. The first kappa shape index (κ1) is 13.9. The lowest BCUT2D eigenvalue weighted by atomic mass is 10.0.